The van der Waals surface area contributed by atoms with Gasteiger partial charge in [-0.25, -0.2) is 9.37 Å². The predicted molar refractivity (Wildman–Crippen MR) is 138 cm³/mol. The van der Waals surface area contributed by atoms with Crippen molar-refractivity contribution in [2.75, 3.05) is 55.4 Å². The lowest BCUT2D eigenvalue weighted by molar-refractivity contribution is 0.313. The minimum absolute atomic E-state index is 0.00360. The number of nitrogens with one attached hydrogen (secondary N) is 2. The van der Waals surface area contributed by atoms with Crippen LogP contribution < -0.4 is 15.1 Å². The van der Waals surface area contributed by atoms with E-state index >= 15 is 0 Å². The number of nitriles is 1. The summed E-state index contributed by atoms with van der Waals surface area (Å²) in [5.41, 5.74) is 4.28. The lowest BCUT2D eigenvalue weighted by Crippen LogP contribution is -2.44. The van der Waals surface area contributed by atoms with Crippen LogP contribution in [0.1, 0.15) is 5.56 Å². The van der Waals surface area contributed by atoms with Crippen LogP contribution in [0.4, 0.5) is 33.0 Å². The SMILES string of the molecule is CN1CCN(c2cc3ncc(C#N)c(Nc4ccc(F)c(Cl)c4)c3cc2N(C)c2cnc[nH]2)CC1. The van der Waals surface area contributed by atoms with E-state index in [1.54, 1.807) is 24.8 Å². The topological polar surface area (TPSA) is 87.1 Å². The van der Waals surface area contributed by atoms with Crippen LogP contribution in [0.3, 0.4) is 0 Å². The Morgan fingerprint density at radius 2 is 1.97 bits per heavy atom. The highest BCUT2D eigenvalue weighted by atomic mass is 35.5. The van der Waals surface area contributed by atoms with Crippen LogP contribution in [0, 0.1) is 17.1 Å². The lowest BCUT2D eigenvalue weighted by Gasteiger charge is -2.36. The fourth-order valence-corrected chi connectivity index (χ4v) is 4.47. The van der Waals surface area contributed by atoms with Gasteiger partial charge in [0.25, 0.3) is 0 Å². The standard InChI is InChI=1S/C25H24ClFN8/c1-33-5-7-35(8-6-33)23-11-21-18(10-22(23)34(2)24-14-29-15-31-24)25(16(12-28)13-30-21)32-17-3-4-20(27)19(26)9-17/h3-4,9-11,13-15H,5-8H2,1-2H3,(H,29,31)(H,30,32). The summed E-state index contributed by atoms with van der Waals surface area (Å²) in [6.45, 7) is 3.71. The normalized spacial score (nSPS) is 14.2. The number of aromatic nitrogens is 3. The van der Waals surface area contributed by atoms with Crippen molar-refractivity contribution in [3.63, 3.8) is 0 Å². The number of halogens is 2. The first-order chi connectivity index (χ1) is 16.9. The second-order valence-electron chi connectivity index (χ2n) is 8.56. The van der Waals surface area contributed by atoms with E-state index < -0.39 is 5.82 Å². The van der Waals surface area contributed by atoms with E-state index in [0.717, 1.165) is 54.3 Å². The minimum Gasteiger partial charge on any atom is -0.367 e. The average molecular weight is 491 g/mol. The highest BCUT2D eigenvalue weighted by Gasteiger charge is 2.22. The molecule has 1 aliphatic heterocycles. The fraction of sp³-hybridized carbons (Fsp3) is 0.240. The third-order valence-electron chi connectivity index (χ3n) is 6.32. The van der Waals surface area contributed by atoms with Gasteiger partial charge in [0.15, 0.2) is 0 Å². The zero-order valence-corrected chi connectivity index (χ0v) is 20.1. The number of pyridine rings is 1. The molecule has 0 aliphatic carbocycles. The van der Waals surface area contributed by atoms with Gasteiger partial charge in [-0.2, -0.15) is 5.26 Å². The number of hydrogen-bond donors (Lipinski definition) is 2. The Hall–Kier alpha value is -3.87. The zero-order chi connectivity index (χ0) is 24.5. The van der Waals surface area contributed by atoms with Gasteiger partial charge < -0.3 is 25.0 Å². The number of benzene rings is 2. The van der Waals surface area contributed by atoms with Crippen molar-refractivity contribution in [2.45, 2.75) is 0 Å². The molecule has 10 heteroatoms. The summed E-state index contributed by atoms with van der Waals surface area (Å²) >= 11 is 6.00. The Balaban J connectivity index is 1.68. The largest absolute Gasteiger partial charge is 0.367 e. The average Bonchev–Trinajstić information content (AvgIpc) is 3.41. The molecule has 2 N–H and O–H groups in total. The summed E-state index contributed by atoms with van der Waals surface area (Å²) < 4.78 is 13.7. The van der Waals surface area contributed by atoms with E-state index in [9.17, 15) is 9.65 Å². The second kappa shape index (κ2) is 9.41. The zero-order valence-electron chi connectivity index (χ0n) is 19.4. The molecular formula is C25H24ClFN8. The monoisotopic (exact) mass is 490 g/mol. The molecule has 178 valence electrons. The quantitative estimate of drug-likeness (QED) is 0.412. The maximum absolute atomic E-state index is 13.7. The lowest BCUT2D eigenvalue weighted by atomic mass is 10.1. The van der Waals surface area contributed by atoms with Gasteiger partial charge in [-0.3, -0.25) is 4.98 Å². The van der Waals surface area contributed by atoms with E-state index in [0.29, 0.717) is 16.9 Å². The van der Waals surface area contributed by atoms with Crippen LogP contribution >= 0.6 is 11.6 Å². The summed E-state index contributed by atoms with van der Waals surface area (Å²) in [5, 5.41) is 13.9. The van der Waals surface area contributed by atoms with Crippen molar-refractivity contribution in [1.29, 1.82) is 5.26 Å². The highest BCUT2D eigenvalue weighted by molar-refractivity contribution is 6.31. The molecule has 3 heterocycles. The number of likely N-dealkylation sites (N-methyl/N-ethyl adjacent to an activating group) is 1. The van der Waals surface area contributed by atoms with Crippen LogP contribution in [-0.2, 0) is 0 Å². The summed E-state index contributed by atoms with van der Waals surface area (Å²) in [5.74, 6) is 0.335. The molecule has 4 aromatic rings. The van der Waals surface area contributed by atoms with Crippen molar-refractivity contribution in [3.8, 4) is 6.07 Å². The van der Waals surface area contributed by atoms with E-state index in [1.165, 1.54) is 12.1 Å². The van der Waals surface area contributed by atoms with Crippen LogP contribution in [0.2, 0.25) is 5.02 Å². The third-order valence-corrected chi connectivity index (χ3v) is 6.61. The molecule has 0 bridgehead atoms. The predicted octanol–water partition coefficient (Wildman–Crippen LogP) is 4.89. The molecule has 0 spiro atoms. The van der Waals surface area contributed by atoms with E-state index in [1.807, 2.05) is 18.0 Å². The van der Waals surface area contributed by atoms with Crippen LogP contribution in [0.5, 0.6) is 0 Å². The highest BCUT2D eigenvalue weighted by Crippen LogP contribution is 2.40. The fourth-order valence-electron chi connectivity index (χ4n) is 4.29. The molecule has 0 radical (unpaired) electrons. The molecule has 8 nitrogen and oxygen atoms in total. The summed E-state index contributed by atoms with van der Waals surface area (Å²) in [7, 11) is 4.10. The number of aromatic amines is 1. The van der Waals surface area contributed by atoms with Gasteiger partial charge in [-0.05, 0) is 37.4 Å². The Morgan fingerprint density at radius 3 is 2.66 bits per heavy atom. The number of imidazole rings is 1. The number of anilines is 5. The second-order valence-corrected chi connectivity index (χ2v) is 8.96. The number of nitrogens with zero attached hydrogens (tertiary/aromatic N) is 6. The van der Waals surface area contributed by atoms with Gasteiger partial charge in [-0.15, -0.1) is 0 Å². The Labute approximate surface area is 207 Å². The summed E-state index contributed by atoms with van der Waals surface area (Å²) in [6.07, 6.45) is 4.96. The van der Waals surface area contributed by atoms with Gasteiger partial charge in [0.1, 0.15) is 17.7 Å². The Kier molecular flexibility index (Phi) is 6.16. The van der Waals surface area contributed by atoms with Crippen molar-refractivity contribution < 1.29 is 4.39 Å². The van der Waals surface area contributed by atoms with Gasteiger partial charge in [0, 0.05) is 50.5 Å². The van der Waals surface area contributed by atoms with Crippen LogP contribution in [0.25, 0.3) is 10.9 Å². The molecular weight excluding hydrogens is 467 g/mol. The van der Waals surface area contributed by atoms with Crippen molar-refractivity contribution in [2.24, 2.45) is 0 Å². The summed E-state index contributed by atoms with van der Waals surface area (Å²) in [4.78, 5) is 18.6. The molecule has 2 aromatic heterocycles. The Morgan fingerprint density at radius 1 is 1.17 bits per heavy atom. The number of hydrogen-bond acceptors (Lipinski definition) is 7. The minimum atomic E-state index is -0.502. The maximum atomic E-state index is 13.7. The third kappa shape index (κ3) is 4.46. The van der Waals surface area contributed by atoms with Crippen LogP contribution in [-0.4, -0.2) is 60.1 Å². The first kappa shape index (κ1) is 22.9. The van der Waals surface area contributed by atoms with Crippen LogP contribution in [0.15, 0.2) is 49.1 Å². The van der Waals surface area contributed by atoms with E-state index in [4.69, 9.17) is 11.6 Å². The van der Waals surface area contributed by atoms with E-state index in [2.05, 4.69) is 49.3 Å². The first-order valence-electron chi connectivity index (χ1n) is 11.2. The van der Waals surface area contributed by atoms with Gasteiger partial charge in [-0.1, -0.05) is 11.6 Å². The number of fused-ring (bicyclic) bond motifs is 1. The molecule has 0 atom stereocenters. The number of H-pyrrole nitrogens is 1. The molecule has 0 unspecified atom stereocenters. The van der Waals surface area contributed by atoms with Crippen molar-refractivity contribution >= 4 is 51.1 Å². The van der Waals surface area contributed by atoms with Crippen molar-refractivity contribution in [1.82, 2.24) is 19.9 Å². The van der Waals surface area contributed by atoms with Crippen molar-refractivity contribution in [3.05, 3.63) is 65.5 Å². The smallest absolute Gasteiger partial charge is 0.141 e. The molecule has 35 heavy (non-hydrogen) atoms. The molecule has 0 saturated carbocycles. The maximum Gasteiger partial charge on any atom is 0.141 e. The molecule has 0 amide bonds. The molecule has 1 fully saturated rings. The molecule has 1 aliphatic rings. The number of rotatable bonds is 5. The first-order valence-corrected chi connectivity index (χ1v) is 11.6. The Bertz CT molecular complexity index is 1410. The molecule has 2 aromatic carbocycles. The van der Waals surface area contributed by atoms with Gasteiger partial charge >= 0.3 is 0 Å². The number of piperazine rings is 1. The molecule has 5 rings (SSSR count). The van der Waals surface area contributed by atoms with Gasteiger partial charge in [0.05, 0.1) is 45.7 Å². The summed E-state index contributed by atoms with van der Waals surface area (Å²) in [6, 6.07) is 10.7. The van der Waals surface area contributed by atoms with Gasteiger partial charge in [0.2, 0.25) is 0 Å². The molecule has 1 saturated heterocycles. The van der Waals surface area contributed by atoms with E-state index in [-0.39, 0.29) is 5.02 Å².